The lowest BCUT2D eigenvalue weighted by molar-refractivity contribution is -0.130. The van der Waals surface area contributed by atoms with Crippen LogP contribution in [0, 0.1) is 0 Å². The van der Waals surface area contributed by atoms with Gasteiger partial charge in [-0.15, -0.1) is 0 Å². The summed E-state index contributed by atoms with van der Waals surface area (Å²) in [5.74, 6) is 0.101. The van der Waals surface area contributed by atoms with Crippen molar-refractivity contribution in [1.82, 2.24) is 10.2 Å². The van der Waals surface area contributed by atoms with Gasteiger partial charge >= 0.3 is 0 Å². The monoisotopic (exact) mass is 202 g/mol. The normalized spacial score (nSPS) is 10.6. The minimum Gasteiger partial charge on any atom is -0.395 e. The molecule has 0 aliphatic carbocycles. The van der Waals surface area contributed by atoms with E-state index < -0.39 is 0 Å². The lowest BCUT2D eigenvalue weighted by Crippen LogP contribution is -2.30. The van der Waals surface area contributed by atoms with Crippen LogP contribution < -0.4 is 5.32 Å². The average Bonchev–Trinajstić information content (AvgIpc) is 2.12. The van der Waals surface area contributed by atoms with Crippen LogP contribution in [0.2, 0.25) is 0 Å². The van der Waals surface area contributed by atoms with Crippen LogP contribution in [0.15, 0.2) is 0 Å². The number of rotatable bonds is 7. The molecule has 0 bridgehead atoms. The molecule has 0 atom stereocenters. The minimum absolute atomic E-state index is 0.0342. The Hall–Kier alpha value is -0.610. The highest BCUT2D eigenvalue weighted by Crippen LogP contribution is 1.94. The van der Waals surface area contributed by atoms with E-state index in [9.17, 15) is 4.79 Å². The zero-order valence-corrected chi connectivity index (χ0v) is 9.42. The Labute approximate surface area is 86.3 Å². The molecule has 0 aromatic heterocycles. The highest BCUT2D eigenvalue weighted by atomic mass is 16.3. The van der Waals surface area contributed by atoms with E-state index in [1.807, 2.05) is 0 Å². The second-order valence-corrected chi connectivity index (χ2v) is 3.75. The highest BCUT2D eigenvalue weighted by Gasteiger charge is 2.06. The summed E-state index contributed by atoms with van der Waals surface area (Å²) in [6.07, 6.45) is 1.41. The summed E-state index contributed by atoms with van der Waals surface area (Å²) < 4.78 is 0. The van der Waals surface area contributed by atoms with E-state index in [-0.39, 0.29) is 12.5 Å². The number of aliphatic hydroxyl groups is 1. The minimum atomic E-state index is 0.0342. The number of carbonyl (C=O) groups excluding carboxylic acids is 1. The fraction of sp³-hybridized carbons (Fsp3) is 0.900. The third-order valence-electron chi connectivity index (χ3n) is 1.98. The van der Waals surface area contributed by atoms with Gasteiger partial charge in [-0.05, 0) is 13.0 Å². The number of aliphatic hydroxyl groups excluding tert-OH is 1. The molecule has 0 heterocycles. The van der Waals surface area contributed by atoms with E-state index in [1.165, 1.54) is 0 Å². The molecule has 0 radical (unpaired) electrons. The fourth-order valence-corrected chi connectivity index (χ4v) is 1.10. The Balaban J connectivity index is 3.44. The predicted octanol–water partition coefficient (Wildman–Crippen LogP) is 0.215. The van der Waals surface area contributed by atoms with Gasteiger partial charge < -0.3 is 15.3 Å². The molecule has 4 heteroatoms. The average molecular weight is 202 g/mol. The van der Waals surface area contributed by atoms with Gasteiger partial charge in [0.15, 0.2) is 0 Å². The predicted molar refractivity (Wildman–Crippen MR) is 57.1 cm³/mol. The Morgan fingerprint density at radius 1 is 1.50 bits per heavy atom. The van der Waals surface area contributed by atoms with Crippen LogP contribution in [0.1, 0.15) is 26.7 Å². The number of amides is 1. The van der Waals surface area contributed by atoms with Crippen molar-refractivity contribution in [1.29, 1.82) is 0 Å². The highest BCUT2D eigenvalue weighted by molar-refractivity contribution is 5.75. The molecule has 14 heavy (non-hydrogen) atoms. The van der Waals surface area contributed by atoms with Crippen molar-refractivity contribution >= 4 is 5.91 Å². The molecular formula is C10H22N2O2. The first kappa shape index (κ1) is 13.4. The van der Waals surface area contributed by atoms with E-state index in [1.54, 1.807) is 11.9 Å². The number of hydrogen-bond donors (Lipinski definition) is 2. The van der Waals surface area contributed by atoms with Crippen molar-refractivity contribution in [2.45, 2.75) is 32.7 Å². The molecule has 2 N–H and O–H groups in total. The van der Waals surface area contributed by atoms with Gasteiger partial charge in [0.05, 0.1) is 6.61 Å². The maximum Gasteiger partial charge on any atom is 0.222 e. The Morgan fingerprint density at radius 2 is 2.14 bits per heavy atom. The summed E-state index contributed by atoms with van der Waals surface area (Å²) in [5, 5.41) is 11.9. The second kappa shape index (κ2) is 7.76. The van der Waals surface area contributed by atoms with E-state index in [2.05, 4.69) is 19.2 Å². The SMILES string of the molecule is CC(C)NCCCC(=O)N(C)CCO. The fourth-order valence-electron chi connectivity index (χ4n) is 1.10. The number of nitrogens with zero attached hydrogens (tertiary/aromatic N) is 1. The van der Waals surface area contributed by atoms with Crippen molar-refractivity contribution in [2.24, 2.45) is 0 Å². The summed E-state index contributed by atoms with van der Waals surface area (Å²) >= 11 is 0. The molecule has 0 unspecified atom stereocenters. The quantitative estimate of drug-likeness (QED) is 0.580. The Kier molecular flexibility index (Phi) is 7.42. The van der Waals surface area contributed by atoms with Gasteiger partial charge in [-0.25, -0.2) is 0 Å². The van der Waals surface area contributed by atoms with E-state index in [0.717, 1.165) is 13.0 Å². The first-order valence-corrected chi connectivity index (χ1v) is 5.16. The molecule has 0 spiro atoms. The molecule has 84 valence electrons. The molecule has 0 aliphatic heterocycles. The van der Waals surface area contributed by atoms with E-state index >= 15 is 0 Å². The van der Waals surface area contributed by atoms with Gasteiger partial charge in [0.1, 0.15) is 0 Å². The van der Waals surface area contributed by atoms with Crippen molar-refractivity contribution in [2.75, 3.05) is 26.7 Å². The smallest absolute Gasteiger partial charge is 0.222 e. The lowest BCUT2D eigenvalue weighted by atomic mass is 10.2. The van der Waals surface area contributed by atoms with Crippen LogP contribution in [0.5, 0.6) is 0 Å². The summed E-state index contributed by atoms with van der Waals surface area (Å²) in [6.45, 7) is 5.50. The largest absolute Gasteiger partial charge is 0.395 e. The van der Waals surface area contributed by atoms with Crippen molar-refractivity contribution < 1.29 is 9.90 Å². The van der Waals surface area contributed by atoms with Gasteiger partial charge in [-0.1, -0.05) is 13.8 Å². The third kappa shape index (κ3) is 6.86. The topological polar surface area (TPSA) is 52.6 Å². The van der Waals surface area contributed by atoms with Crippen LogP contribution >= 0.6 is 0 Å². The first-order chi connectivity index (χ1) is 6.57. The van der Waals surface area contributed by atoms with Gasteiger partial charge in [0.25, 0.3) is 0 Å². The second-order valence-electron chi connectivity index (χ2n) is 3.75. The Morgan fingerprint density at radius 3 is 2.64 bits per heavy atom. The van der Waals surface area contributed by atoms with Crippen LogP contribution in [0.25, 0.3) is 0 Å². The molecule has 0 saturated heterocycles. The lowest BCUT2D eigenvalue weighted by Gasteiger charge is -2.15. The summed E-state index contributed by atoms with van der Waals surface area (Å²) in [7, 11) is 1.72. The molecule has 0 rings (SSSR count). The van der Waals surface area contributed by atoms with E-state index in [0.29, 0.717) is 19.0 Å². The summed E-state index contributed by atoms with van der Waals surface area (Å²) in [6, 6.07) is 0.472. The van der Waals surface area contributed by atoms with Crippen LogP contribution in [-0.2, 0) is 4.79 Å². The van der Waals surface area contributed by atoms with Gasteiger partial charge in [-0.2, -0.15) is 0 Å². The molecule has 4 nitrogen and oxygen atoms in total. The number of carbonyl (C=O) groups is 1. The molecule has 0 aromatic carbocycles. The van der Waals surface area contributed by atoms with Crippen molar-refractivity contribution in [3.8, 4) is 0 Å². The van der Waals surface area contributed by atoms with Gasteiger partial charge in [0, 0.05) is 26.1 Å². The maximum atomic E-state index is 11.4. The molecule has 1 amide bonds. The standard InChI is InChI=1S/C10H22N2O2/c1-9(2)11-6-4-5-10(14)12(3)7-8-13/h9,11,13H,4-8H2,1-3H3. The zero-order valence-electron chi connectivity index (χ0n) is 9.42. The van der Waals surface area contributed by atoms with Gasteiger partial charge in [-0.3, -0.25) is 4.79 Å². The van der Waals surface area contributed by atoms with Crippen LogP contribution in [0.3, 0.4) is 0 Å². The van der Waals surface area contributed by atoms with Gasteiger partial charge in [0.2, 0.25) is 5.91 Å². The van der Waals surface area contributed by atoms with Crippen molar-refractivity contribution in [3.05, 3.63) is 0 Å². The maximum absolute atomic E-state index is 11.4. The molecule has 0 aliphatic rings. The third-order valence-corrected chi connectivity index (χ3v) is 1.98. The number of hydrogen-bond acceptors (Lipinski definition) is 3. The van der Waals surface area contributed by atoms with Crippen LogP contribution in [0.4, 0.5) is 0 Å². The van der Waals surface area contributed by atoms with E-state index in [4.69, 9.17) is 5.11 Å². The molecule has 0 fully saturated rings. The zero-order chi connectivity index (χ0) is 11.0. The summed E-state index contributed by atoms with van der Waals surface area (Å²) in [4.78, 5) is 12.9. The first-order valence-electron chi connectivity index (χ1n) is 5.16. The van der Waals surface area contributed by atoms with Crippen LogP contribution in [-0.4, -0.2) is 48.7 Å². The summed E-state index contributed by atoms with van der Waals surface area (Å²) in [5.41, 5.74) is 0. The number of likely N-dealkylation sites (N-methyl/N-ethyl adjacent to an activating group) is 1. The molecule has 0 aromatic rings. The molecular weight excluding hydrogens is 180 g/mol. The van der Waals surface area contributed by atoms with Crippen molar-refractivity contribution in [3.63, 3.8) is 0 Å². The number of nitrogens with one attached hydrogen (secondary N) is 1. The molecule has 0 saturated carbocycles. The Bertz CT molecular complexity index is 160.